The van der Waals surface area contributed by atoms with Gasteiger partial charge in [-0.3, -0.25) is 14.4 Å². The van der Waals surface area contributed by atoms with Crippen molar-refractivity contribution in [2.45, 2.75) is 32.7 Å². The number of carbonyl (C=O) groups excluding carboxylic acids is 3. The van der Waals surface area contributed by atoms with E-state index in [0.717, 1.165) is 11.1 Å². The number of nitrogens with one attached hydrogen (secondary N) is 2. The van der Waals surface area contributed by atoms with E-state index in [9.17, 15) is 14.4 Å². The normalized spacial score (nSPS) is 14.9. The summed E-state index contributed by atoms with van der Waals surface area (Å²) in [5.74, 6) is -0.417. The summed E-state index contributed by atoms with van der Waals surface area (Å²) in [5, 5.41) is 5.63. The molecule has 2 aromatic rings. The Morgan fingerprint density at radius 1 is 0.964 bits per heavy atom. The standard InChI is InChI=1S/C22H23N3O3/c1-3-21(27)23-17-8-6-9-18(13-17)24-22(28)14-20-19-10-5-4-7-16(19)11-12-25(20)15(2)26/h4-13,20H,3,14H2,1-2H3,(H,23,27)(H,24,28)/t20-/m1/s1. The molecule has 6 nitrogen and oxygen atoms in total. The van der Waals surface area contributed by atoms with Gasteiger partial charge in [0.1, 0.15) is 0 Å². The quantitative estimate of drug-likeness (QED) is 0.828. The lowest BCUT2D eigenvalue weighted by Gasteiger charge is -2.32. The van der Waals surface area contributed by atoms with Crippen molar-refractivity contribution < 1.29 is 14.4 Å². The highest BCUT2D eigenvalue weighted by molar-refractivity contribution is 5.94. The van der Waals surface area contributed by atoms with E-state index in [1.165, 1.54) is 6.92 Å². The molecular formula is C22H23N3O3. The molecule has 2 N–H and O–H groups in total. The highest BCUT2D eigenvalue weighted by Gasteiger charge is 2.28. The smallest absolute Gasteiger partial charge is 0.226 e. The predicted molar refractivity (Wildman–Crippen MR) is 109 cm³/mol. The van der Waals surface area contributed by atoms with E-state index in [1.807, 2.05) is 30.3 Å². The van der Waals surface area contributed by atoms with Crippen LogP contribution in [0.15, 0.2) is 54.7 Å². The molecule has 28 heavy (non-hydrogen) atoms. The maximum Gasteiger partial charge on any atom is 0.226 e. The Balaban J connectivity index is 1.75. The average Bonchev–Trinajstić information content (AvgIpc) is 2.68. The van der Waals surface area contributed by atoms with Crippen LogP contribution in [-0.2, 0) is 14.4 Å². The van der Waals surface area contributed by atoms with Gasteiger partial charge in [0.15, 0.2) is 0 Å². The summed E-state index contributed by atoms with van der Waals surface area (Å²) in [4.78, 5) is 37.9. The van der Waals surface area contributed by atoms with E-state index >= 15 is 0 Å². The summed E-state index contributed by atoms with van der Waals surface area (Å²) in [6, 6.07) is 14.4. The predicted octanol–water partition coefficient (Wildman–Crippen LogP) is 3.94. The summed E-state index contributed by atoms with van der Waals surface area (Å²) in [7, 11) is 0. The van der Waals surface area contributed by atoms with Gasteiger partial charge in [0.2, 0.25) is 17.7 Å². The van der Waals surface area contributed by atoms with Gasteiger partial charge < -0.3 is 15.5 Å². The summed E-state index contributed by atoms with van der Waals surface area (Å²) >= 11 is 0. The molecule has 2 aromatic carbocycles. The van der Waals surface area contributed by atoms with E-state index in [0.29, 0.717) is 17.8 Å². The minimum absolute atomic E-state index is 0.0915. The van der Waals surface area contributed by atoms with Gasteiger partial charge >= 0.3 is 0 Å². The number of amides is 3. The van der Waals surface area contributed by atoms with Crippen molar-refractivity contribution in [1.29, 1.82) is 0 Å². The molecule has 0 aromatic heterocycles. The number of anilines is 2. The molecule has 0 saturated carbocycles. The van der Waals surface area contributed by atoms with E-state index in [4.69, 9.17) is 0 Å². The van der Waals surface area contributed by atoms with Gasteiger partial charge in [-0.2, -0.15) is 0 Å². The van der Waals surface area contributed by atoms with Gasteiger partial charge in [0.25, 0.3) is 0 Å². The first-order valence-electron chi connectivity index (χ1n) is 9.23. The Morgan fingerprint density at radius 2 is 1.64 bits per heavy atom. The molecular weight excluding hydrogens is 354 g/mol. The van der Waals surface area contributed by atoms with E-state index < -0.39 is 0 Å². The highest BCUT2D eigenvalue weighted by Crippen LogP contribution is 2.33. The lowest BCUT2D eigenvalue weighted by Crippen LogP contribution is -2.33. The molecule has 0 saturated heterocycles. The van der Waals surface area contributed by atoms with E-state index in [1.54, 1.807) is 42.3 Å². The van der Waals surface area contributed by atoms with Crippen LogP contribution < -0.4 is 10.6 Å². The summed E-state index contributed by atoms with van der Waals surface area (Å²) < 4.78 is 0. The van der Waals surface area contributed by atoms with E-state index in [2.05, 4.69) is 10.6 Å². The van der Waals surface area contributed by atoms with Crippen LogP contribution in [0.5, 0.6) is 0 Å². The molecule has 3 rings (SSSR count). The van der Waals surface area contributed by atoms with Crippen LogP contribution in [0.1, 0.15) is 43.9 Å². The molecule has 1 aliphatic heterocycles. The van der Waals surface area contributed by atoms with Crippen LogP contribution in [0.3, 0.4) is 0 Å². The molecule has 1 aliphatic rings. The zero-order valence-electron chi connectivity index (χ0n) is 15.9. The maximum absolute atomic E-state index is 12.7. The maximum atomic E-state index is 12.7. The fourth-order valence-electron chi connectivity index (χ4n) is 3.22. The van der Waals surface area contributed by atoms with Gasteiger partial charge in [-0.25, -0.2) is 0 Å². The fourth-order valence-corrected chi connectivity index (χ4v) is 3.22. The van der Waals surface area contributed by atoms with Crippen molar-refractivity contribution in [3.8, 4) is 0 Å². The molecule has 0 radical (unpaired) electrons. The van der Waals surface area contributed by atoms with Crippen molar-refractivity contribution in [2.75, 3.05) is 10.6 Å². The lowest BCUT2D eigenvalue weighted by atomic mass is 9.93. The monoisotopic (exact) mass is 377 g/mol. The first kappa shape index (κ1) is 19.4. The van der Waals surface area contributed by atoms with Gasteiger partial charge in [0, 0.05) is 30.9 Å². The number of hydrogen-bond donors (Lipinski definition) is 2. The number of hydrogen-bond acceptors (Lipinski definition) is 3. The zero-order valence-corrected chi connectivity index (χ0v) is 15.9. The molecule has 1 atom stereocenters. The van der Waals surface area contributed by atoms with Gasteiger partial charge in [-0.15, -0.1) is 0 Å². The summed E-state index contributed by atoms with van der Waals surface area (Å²) in [6.07, 6.45) is 4.12. The second kappa shape index (κ2) is 8.52. The van der Waals surface area contributed by atoms with Gasteiger partial charge in [-0.05, 0) is 35.4 Å². The van der Waals surface area contributed by atoms with Crippen LogP contribution in [0.25, 0.3) is 6.08 Å². The molecule has 0 unspecified atom stereocenters. The molecule has 3 amide bonds. The Bertz CT molecular complexity index is 936. The lowest BCUT2D eigenvalue weighted by molar-refractivity contribution is -0.129. The van der Waals surface area contributed by atoms with Gasteiger partial charge in [0.05, 0.1) is 12.5 Å². The third-order valence-electron chi connectivity index (χ3n) is 4.60. The van der Waals surface area contributed by atoms with Crippen molar-refractivity contribution in [1.82, 2.24) is 4.90 Å². The Hall–Kier alpha value is -3.41. The minimum Gasteiger partial charge on any atom is -0.326 e. The number of benzene rings is 2. The average molecular weight is 377 g/mol. The SMILES string of the molecule is CCC(=O)Nc1cccc(NC(=O)C[C@@H]2c3ccccc3C=CN2C(C)=O)c1. The second-order valence-corrected chi connectivity index (χ2v) is 6.62. The van der Waals surface area contributed by atoms with Crippen LogP contribution in [-0.4, -0.2) is 22.6 Å². The fraction of sp³-hybridized carbons (Fsp3) is 0.227. The van der Waals surface area contributed by atoms with Crippen LogP contribution in [0.2, 0.25) is 0 Å². The Labute approximate surface area is 164 Å². The number of carbonyl (C=O) groups is 3. The van der Waals surface area contributed by atoms with Crippen LogP contribution in [0.4, 0.5) is 11.4 Å². The molecule has 144 valence electrons. The Morgan fingerprint density at radius 3 is 2.32 bits per heavy atom. The largest absolute Gasteiger partial charge is 0.326 e. The van der Waals surface area contributed by atoms with Crippen molar-refractivity contribution in [3.63, 3.8) is 0 Å². The third kappa shape index (κ3) is 4.46. The van der Waals surface area contributed by atoms with Crippen LogP contribution >= 0.6 is 0 Å². The number of fused-ring (bicyclic) bond motifs is 1. The Kier molecular flexibility index (Phi) is 5.89. The molecule has 0 fully saturated rings. The zero-order chi connectivity index (χ0) is 20.1. The van der Waals surface area contributed by atoms with Crippen LogP contribution in [0, 0.1) is 0 Å². The van der Waals surface area contributed by atoms with Crippen molar-refractivity contribution in [3.05, 3.63) is 65.9 Å². The number of nitrogens with zero attached hydrogens (tertiary/aromatic N) is 1. The molecule has 1 heterocycles. The molecule has 6 heteroatoms. The molecule has 0 spiro atoms. The topological polar surface area (TPSA) is 78.5 Å². The minimum atomic E-state index is -0.360. The highest BCUT2D eigenvalue weighted by atomic mass is 16.2. The second-order valence-electron chi connectivity index (χ2n) is 6.62. The van der Waals surface area contributed by atoms with Gasteiger partial charge in [-0.1, -0.05) is 37.3 Å². The molecule has 0 bridgehead atoms. The first-order chi connectivity index (χ1) is 13.5. The van der Waals surface area contributed by atoms with E-state index in [-0.39, 0.29) is 30.2 Å². The van der Waals surface area contributed by atoms with Crippen molar-refractivity contribution >= 4 is 35.2 Å². The summed E-state index contributed by atoms with van der Waals surface area (Å²) in [5.41, 5.74) is 3.16. The first-order valence-corrected chi connectivity index (χ1v) is 9.23. The number of rotatable bonds is 5. The third-order valence-corrected chi connectivity index (χ3v) is 4.60. The van der Waals surface area contributed by atoms with Crippen molar-refractivity contribution in [2.24, 2.45) is 0 Å². The summed E-state index contributed by atoms with van der Waals surface area (Å²) in [6.45, 7) is 3.27. The molecule has 0 aliphatic carbocycles.